The van der Waals surface area contributed by atoms with Gasteiger partial charge in [0.2, 0.25) is 0 Å². The number of rotatable bonds is 3. The lowest BCUT2D eigenvalue weighted by Crippen LogP contribution is -2.10. The zero-order chi connectivity index (χ0) is 15.1. The zero-order valence-electron chi connectivity index (χ0n) is 11.8. The van der Waals surface area contributed by atoms with Crippen LogP contribution in [0.1, 0.15) is 31.0 Å². The molecule has 0 saturated carbocycles. The van der Waals surface area contributed by atoms with Crippen LogP contribution in [0.25, 0.3) is 11.4 Å². The van der Waals surface area contributed by atoms with Gasteiger partial charge >= 0.3 is 0 Å². The molecule has 20 heavy (non-hydrogen) atoms. The fourth-order valence-electron chi connectivity index (χ4n) is 2.21. The molecule has 1 heterocycles. The first-order chi connectivity index (χ1) is 9.20. The Hall–Kier alpha value is -1.40. The van der Waals surface area contributed by atoms with Crippen molar-refractivity contribution in [1.29, 1.82) is 0 Å². The number of hydrogen-bond donors (Lipinski definition) is 0. The molecule has 0 fully saturated rings. The largest absolute Gasteiger partial charge is 0.296 e. The summed E-state index contributed by atoms with van der Waals surface area (Å²) in [6.07, 6.45) is 0. The first-order valence-corrected chi connectivity index (χ1v) is 8.49. The second-order valence-electron chi connectivity index (χ2n) is 5.08. The highest BCUT2D eigenvalue weighted by molar-refractivity contribution is 8.13. The van der Waals surface area contributed by atoms with Crippen molar-refractivity contribution in [2.75, 3.05) is 0 Å². The van der Waals surface area contributed by atoms with Crippen LogP contribution in [-0.2, 0) is 9.05 Å². The summed E-state index contributed by atoms with van der Waals surface area (Å²) in [5.41, 5.74) is 2.98. The molecule has 0 radical (unpaired) electrons. The Morgan fingerprint density at radius 2 is 1.65 bits per heavy atom. The Kier molecular flexibility index (Phi) is 3.88. The van der Waals surface area contributed by atoms with Gasteiger partial charge in [-0.2, -0.15) is 0 Å². The molecular formula is C13H16ClN3O2S. The van der Waals surface area contributed by atoms with Crippen LogP contribution >= 0.6 is 10.7 Å². The van der Waals surface area contributed by atoms with Crippen LogP contribution in [0.3, 0.4) is 0 Å². The monoisotopic (exact) mass is 313 g/mol. The van der Waals surface area contributed by atoms with Gasteiger partial charge < -0.3 is 0 Å². The maximum absolute atomic E-state index is 11.6. The van der Waals surface area contributed by atoms with E-state index in [-0.39, 0.29) is 11.2 Å². The van der Waals surface area contributed by atoms with Crippen LogP contribution in [0, 0.1) is 13.8 Å². The first-order valence-electron chi connectivity index (χ1n) is 6.18. The lowest BCUT2D eigenvalue weighted by atomic mass is 10.1. The van der Waals surface area contributed by atoms with Gasteiger partial charge in [-0.15, -0.1) is 10.2 Å². The number of aromatic nitrogens is 3. The Bertz CT molecular complexity index is 731. The van der Waals surface area contributed by atoms with E-state index in [0.29, 0.717) is 5.82 Å². The van der Waals surface area contributed by atoms with Gasteiger partial charge in [-0.25, -0.2) is 8.42 Å². The summed E-state index contributed by atoms with van der Waals surface area (Å²) in [4.78, 5) is 0. The summed E-state index contributed by atoms with van der Waals surface area (Å²) in [6, 6.07) is 5.81. The topological polar surface area (TPSA) is 64.8 Å². The minimum atomic E-state index is -3.92. The highest BCUT2D eigenvalue weighted by Crippen LogP contribution is 2.27. The number of hydrogen-bond acceptors (Lipinski definition) is 4. The normalized spacial score (nSPS) is 12.1. The van der Waals surface area contributed by atoms with Crippen molar-refractivity contribution in [2.24, 2.45) is 0 Å². The van der Waals surface area contributed by atoms with Crippen molar-refractivity contribution in [3.8, 4) is 11.4 Å². The highest BCUT2D eigenvalue weighted by Gasteiger charge is 2.25. The van der Waals surface area contributed by atoms with E-state index >= 15 is 0 Å². The Labute approximate surface area is 123 Å². The van der Waals surface area contributed by atoms with Gasteiger partial charge in [0.05, 0.1) is 0 Å². The predicted octanol–water partition coefficient (Wildman–Crippen LogP) is 3.07. The first kappa shape index (κ1) is 15.0. The minimum Gasteiger partial charge on any atom is -0.294 e. The van der Waals surface area contributed by atoms with E-state index in [1.54, 1.807) is 0 Å². The van der Waals surface area contributed by atoms with Gasteiger partial charge in [0, 0.05) is 22.3 Å². The Balaban J connectivity index is 2.72. The molecule has 0 amide bonds. The van der Waals surface area contributed by atoms with E-state index in [1.165, 1.54) is 4.57 Å². The molecule has 0 aliphatic rings. The predicted molar refractivity (Wildman–Crippen MR) is 78.4 cm³/mol. The molecule has 2 rings (SSSR count). The Morgan fingerprint density at radius 1 is 1.10 bits per heavy atom. The molecule has 7 heteroatoms. The lowest BCUT2D eigenvalue weighted by Gasteiger charge is -2.13. The fourth-order valence-corrected chi connectivity index (χ4v) is 3.20. The molecule has 0 aliphatic heterocycles. The van der Waals surface area contributed by atoms with Crippen LogP contribution in [0.2, 0.25) is 0 Å². The van der Waals surface area contributed by atoms with Gasteiger partial charge in [0.25, 0.3) is 14.2 Å². The maximum atomic E-state index is 11.6. The van der Waals surface area contributed by atoms with Crippen LogP contribution in [-0.4, -0.2) is 23.2 Å². The van der Waals surface area contributed by atoms with E-state index in [0.717, 1.165) is 16.7 Å². The van der Waals surface area contributed by atoms with Crippen molar-refractivity contribution in [2.45, 2.75) is 38.9 Å². The smallest absolute Gasteiger partial charge is 0.294 e. The molecule has 0 spiro atoms. The maximum Gasteiger partial charge on any atom is 0.296 e. The second kappa shape index (κ2) is 5.18. The van der Waals surface area contributed by atoms with Crippen LogP contribution < -0.4 is 0 Å². The summed E-state index contributed by atoms with van der Waals surface area (Å²) >= 11 is 0. The molecule has 0 N–H and O–H groups in total. The van der Waals surface area contributed by atoms with Crippen molar-refractivity contribution < 1.29 is 8.42 Å². The number of aryl methyl sites for hydroxylation is 2. The molecule has 1 aromatic heterocycles. The van der Waals surface area contributed by atoms with E-state index in [4.69, 9.17) is 10.7 Å². The summed E-state index contributed by atoms with van der Waals surface area (Å²) in [6.45, 7) is 7.68. The van der Waals surface area contributed by atoms with Gasteiger partial charge in [-0.1, -0.05) is 17.2 Å². The molecule has 0 atom stereocenters. The fraction of sp³-hybridized carbons (Fsp3) is 0.385. The van der Waals surface area contributed by atoms with E-state index < -0.39 is 9.05 Å². The lowest BCUT2D eigenvalue weighted by molar-refractivity contribution is 0.530. The molecule has 2 aromatic rings. The molecule has 0 aliphatic carbocycles. The molecule has 0 bridgehead atoms. The van der Waals surface area contributed by atoms with Crippen molar-refractivity contribution >= 4 is 19.7 Å². The van der Waals surface area contributed by atoms with Gasteiger partial charge in [-0.3, -0.25) is 4.57 Å². The third-order valence-electron chi connectivity index (χ3n) is 2.88. The average molecular weight is 314 g/mol. The number of halogens is 1. The van der Waals surface area contributed by atoms with E-state index in [9.17, 15) is 8.42 Å². The van der Waals surface area contributed by atoms with Crippen LogP contribution in [0.4, 0.5) is 0 Å². The minimum absolute atomic E-state index is 0.121. The van der Waals surface area contributed by atoms with E-state index in [1.807, 2.05) is 45.9 Å². The molecule has 5 nitrogen and oxygen atoms in total. The molecule has 108 valence electrons. The third kappa shape index (κ3) is 2.86. The van der Waals surface area contributed by atoms with Crippen LogP contribution in [0.5, 0.6) is 0 Å². The van der Waals surface area contributed by atoms with E-state index in [2.05, 4.69) is 10.2 Å². The average Bonchev–Trinajstić information content (AvgIpc) is 2.71. The molecule has 0 unspecified atom stereocenters. The van der Waals surface area contributed by atoms with Crippen molar-refractivity contribution in [1.82, 2.24) is 14.8 Å². The zero-order valence-corrected chi connectivity index (χ0v) is 13.3. The quantitative estimate of drug-likeness (QED) is 0.817. The molecule has 1 aromatic carbocycles. The van der Waals surface area contributed by atoms with Crippen LogP contribution in [0.15, 0.2) is 23.4 Å². The highest BCUT2D eigenvalue weighted by atomic mass is 35.7. The summed E-state index contributed by atoms with van der Waals surface area (Å²) in [5.74, 6) is 0.506. The molecule has 0 saturated heterocycles. The van der Waals surface area contributed by atoms with Gasteiger partial charge in [0.1, 0.15) is 0 Å². The standard InChI is InChI=1S/C13H16ClN3O2S/c1-8(2)17-12(15-16-13(17)20(14,18)19)11-6-9(3)5-10(4)7-11/h5-8H,1-4H3. The summed E-state index contributed by atoms with van der Waals surface area (Å²) in [5, 5.41) is 7.52. The summed E-state index contributed by atoms with van der Waals surface area (Å²) < 4.78 is 24.7. The molecular weight excluding hydrogens is 298 g/mol. The summed E-state index contributed by atoms with van der Waals surface area (Å²) in [7, 11) is 1.50. The number of benzene rings is 1. The van der Waals surface area contributed by atoms with Crippen molar-refractivity contribution in [3.63, 3.8) is 0 Å². The van der Waals surface area contributed by atoms with Crippen molar-refractivity contribution in [3.05, 3.63) is 29.3 Å². The van der Waals surface area contributed by atoms with Gasteiger partial charge in [0.15, 0.2) is 5.82 Å². The number of nitrogens with zero attached hydrogens (tertiary/aromatic N) is 3. The Morgan fingerprint density at radius 3 is 2.10 bits per heavy atom. The SMILES string of the molecule is Cc1cc(C)cc(-c2nnc(S(=O)(=O)Cl)n2C(C)C)c1. The second-order valence-corrected chi connectivity index (χ2v) is 7.54. The third-order valence-corrected chi connectivity index (χ3v) is 4.01. The van der Waals surface area contributed by atoms with Gasteiger partial charge in [-0.05, 0) is 39.8 Å².